The van der Waals surface area contributed by atoms with Gasteiger partial charge in [0.05, 0.1) is 0 Å². The van der Waals surface area contributed by atoms with Gasteiger partial charge in [0.1, 0.15) is 0 Å². The molecule has 0 bridgehead atoms. The predicted octanol–water partition coefficient (Wildman–Crippen LogP) is -0.105. The van der Waals surface area contributed by atoms with Gasteiger partial charge in [0.2, 0.25) is 11.2 Å². The largest absolute Gasteiger partial charge is 0.353 e. The highest BCUT2D eigenvalue weighted by atomic mass is 35.5. The number of hydrogen-bond donors (Lipinski definition) is 0. The van der Waals surface area contributed by atoms with E-state index in [4.69, 9.17) is 11.6 Å². The molecule has 0 saturated carbocycles. The summed E-state index contributed by atoms with van der Waals surface area (Å²) in [6.07, 6.45) is 0. The zero-order valence-electron chi connectivity index (χ0n) is 6.04. The third-order valence-electron chi connectivity index (χ3n) is 1.23. The molecule has 1 rings (SSSR count). The zero-order chi connectivity index (χ0) is 8.59. The van der Waals surface area contributed by atoms with Crippen LogP contribution in [0.25, 0.3) is 0 Å². The monoisotopic (exact) mass is 175 g/mol. The lowest BCUT2D eigenvalue weighted by molar-refractivity contribution is 0.0916. The molecule has 1 aromatic rings. The van der Waals surface area contributed by atoms with Crippen LogP contribution in [0.4, 0.5) is 0 Å². The van der Waals surface area contributed by atoms with Gasteiger partial charge in [0.15, 0.2) is 0 Å². The average Bonchev–Trinajstić information content (AvgIpc) is 2.17. The number of hydrogen-bond acceptors (Lipinski definition) is 3. The first-order valence-electron chi connectivity index (χ1n) is 2.86. The number of rotatable bonds is 0. The second-order valence-corrected chi connectivity index (χ2v) is 2.38. The standard InChI is InChI=1S/C5H6ClN3O2/c1-3(10)9-5(11)8(2)4(6)7-9/h1-2H3. The van der Waals surface area contributed by atoms with Crippen LogP contribution in [-0.4, -0.2) is 20.3 Å². The van der Waals surface area contributed by atoms with E-state index in [1.54, 1.807) is 0 Å². The number of halogens is 1. The van der Waals surface area contributed by atoms with Crippen molar-refractivity contribution in [3.63, 3.8) is 0 Å². The average molecular weight is 176 g/mol. The van der Waals surface area contributed by atoms with Crippen LogP contribution in [0.15, 0.2) is 4.79 Å². The third kappa shape index (κ3) is 1.19. The Labute approximate surface area is 67.2 Å². The molecule has 0 aromatic carbocycles. The topological polar surface area (TPSA) is 56.9 Å². The molecule has 0 radical (unpaired) electrons. The second-order valence-electron chi connectivity index (χ2n) is 2.04. The third-order valence-corrected chi connectivity index (χ3v) is 1.55. The van der Waals surface area contributed by atoms with Gasteiger partial charge in [-0.3, -0.25) is 9.36 Å². The Hall–Kier alpha value is -1.10. The fourth-order valence-electron chi connectivity index (χ4n) is 0.618. The Morgan fingerprint density at radius 1 is 1.64 bits per heavy atom. The normalized spacial score (nSPS) is 10.1. The molecule has 6 heteroatoms. The van der Waals surface area contributed by atoms with Gasteiger partial charge in [-0.2, -0.15) is 0 Å². The Balaban J connectivity index is 3.42. The number of carbonyl (C=O) groups excluding carboxylic acids is 1. The van der Waals surface area contributed by atoms with Crippen molar-refractivity contribution in [3.05, 3.63) is 15.8 Å². The van der Waals surface area contributed by atoms with Gasteiger partial charge in [-0.05, 0) is 11.6 Å². The van der Waals surface area contributed by atoms with Gasteiger partial charge in [-0.1, -0.05) is 0 Å². The van der Waals surface area contributed by atoms with E-state index in [1.807, 2.05) is 0 Å². The lowest BCUT2D eigenvalue weighted by Gasteiger charge is -1.86. The molecule has 11 heavy (non-hydrogen) atoms. The first kappa shape index (κ1) is 8.00. The maximum atomic E-state index is 11.0. The minimum absolute atomic E-state index is 0.00481. The van der Waals surface area contributed by atoms with Gasteiger partial charge < -0.3 is 0 Å². The molecule has 0 unspecified atom stereocenters. The Kier molecular flexibility index (Phi) is 1.82. The van der Waals surface area contributed by atoms with E-state index in [1.165, 1.54) is 14.0 Å². The molecule has 5 nitrogen and oxygen atoms in total. The van der Waals surface area contributed by atoms with Crippen molar-refractivity contribution in [2.45, 2.75) is 6.92 Å². The van der Waals surface area contributed by atoms with Crippen LogP contribution >= 0.6 is 11.6 Å². The smallest absolute Gasteiger partial charge is 0.273 e. The summed E-state index contributed by atoms with van der Waals surface area (Å²) in [7, 11) is 1.44. The van der Waals surface area contributed by atoms with E-state index in [0.717, 1.165) is 4.57 Å². The highest BCUT2D eigenvalue weighted by molar-refractivity contribution is 6.28. The molecule has 0 spiro atoms. The predicted molar refractivity (Wildman–Crippen MR) is 38.8 cm³/mol. The second kappa shape index (κ2) is 2.50. The minimum Gasteiger partial charge on any atom is -0.273 e. The zero-order valence-corrected chi connectivity index (χ0v) is 6.79. The molecule has 1 heterocycles. The Bertz CT molecular complexity index is 351. The summed E-state index contributed by atoms with van der Waals surface area (Å²) in [4.78, 5) is 21.6. The lowest BCUT2D eigenvalue weighted by atomic mass is 10.7. The van der Waals surface area contributed by atoms with E-state index < -0.39 is 11.6 Å². The van der Waals surface area contributed by atoms with Crippen molar-refractivity contribution in [2.24, 2.45) is 7.05 Å². The van der Waals surface area contributed by atoms with Crippen LogP contribution in [0.3, 0.4) is 0 Å². The highest BCUT2D eigenvalue weighted by Gasteiger charge is 2.09. The number of nitrogens with zero attached hydrogens (tertiary/aromatic N) is 3. The van der Waals surface area contributed by atoms with Gasteiger partial charge in [0, 0.05) is 14.0 Å². The van der Waals surface area contributed by atoms with Crippen molar-refractivity contribution in [3.8, 4) is 0 Å². The van der Waals surface area contributed by atoms with Crippen molar-refractivity contribution < 1.29 is 4.79 Å². The molecule has 0 aliphatic carbocycles. The van der Waals surface area contributed by atoms with E-state index >= 15 is 0 Å². The fraction of sp³-hybridized carbons (Fsp3) is 0.400. The van der Waals surface area contributed by atoms with Crippen molar-refractivity contribution in [1.29, 1.82) is 0 Å². The lowest BCUT2D eigenvalue weighted by Crippen LogP contribution is -2.26. The van der Waals surface area contributed by atoms with E-state index in [9.17, 15) is 9.59 Å². The van der Waals surface area contributed by atoms with Crippen LogP contribution in [-0.2, 0) is 7.05 Å². The minimum atomic E-state index is -0.525. The number of aromatic nitrogens is 3. The Morgan fingerprint density at radius 3 is 2.36 bits per heavy atom. The SMILES string of the molecule is CC(=O)n1nc(Cl)n(C)c1=O. The molecule has 1 aromatic heterocycles. The summed E-state index contributed by atoms with van der Waals surface area (Å²) >= 11 is 5.46. The van der Waals surface area contributed by atoms with Crippen LogP contribution < -0.4 is 5.69 Å². The molecular formula is C5H6ClN3O2. The van der Waals surface area contributed by atoms with Crippen LogP contribution in [0.5, 0.6) is 0 Å². The van der Waals surface area contributed by atoms with E-state index in [0.29, 0.717) is 4.68 Å². The first-order valence-corrected chi connectivity index (χ1v) is 3.24. The van der Waals surface area contributed by atoms with Crippen LogP contribution in [0.1, 0.15) is 11.7 Å². The Morgan fingerprint density at radius 2 is 2.18 bits per heavy atom. The van der Waals surface area contributed by atoms with Gasteiger partial charge in [0.25, 0.3) is 0 Å². The molecule has 0 aliphatic heterocycles. The molecular weight excluding hydrogens is 170 g/mol. The van der Waals surface area contributed by atoms with Crippen molar-refractivity contribution in [1.82, 2.24) is 14.3 Å². The molecule has 0 saturated heterocycles. The van der Waals surface area contributed by atoms with Gasteiger partial charge in [-0.15, -0.1) is 9.78 Å². The summed E-state index contributed by atoms with van der Waals surface area (Å²) in [5, 5.41) is 3.50. The van der Waals surface area contributed by atoms with Gasteiger partial charge in [-0.25, -0.2) is 4.79 Å². The van der Waals surface area contributed by atoms with Crippen LogP contribution in [0.2, 0.25) is 5.28 Å². The van der Waals surface area contributed by atoms with Crippen LogP contribution in [0, 0.1) is 0 Å². The first-order chi connectivity index (χ1) is 5.04. The maximum Gasteiger partial charge on any atom is 0.353 e. The van der Waals surface area contributed by atoms with Gasteiger partial charge >= 0.3 is 5.69 Å². The molecule has 60 valence electrons. The highest BCUT2D eigenvalue weighted by Crippen LogP contribution is 1.96. The summed E-state index contributed by atoms with van der Waals surface area (Å²) in [5.74, 6) is -0.447. The van der Waals surface area contributed by atoms with Crippen molar-refractivity contribution in [2.75, 3.05) is 0 Å². The van der Waals surface area contributed by atoms with Crippen molar-refractivity contribution >= 4 is 17.5 Å². The molecule has 0 amide bonds. The fourth-order valence-corrected chi connectivity index (χ4v) is 0.766. The van der Waals surface area contributed by atoms with E-state index in [2.05, 4.69) is 5.10 Å². The summed E-state index contributed by atoms with van der Waals surface area (Å²) in [6, 6.07) is 0. The summed E-state index contributed by atoms with van der Waals surface area (Å²) in [6.45, 7) is 1.24. The molecule has 0 atom stereocenters. The molecule has 0 fully saturated rings. The summed E-state index contributed by atoms with van der Waals surface area (Å²) in [5.41, 5.74) is -0.525. The number of carbonyl (C=O) groups is 1. The molecule has 0 aliphatic rings. The maximum absolute atomic E-state index is 11.0. The summed E-state index contributed by atoms with van der Waals surface area (Å²) < 4.78 is 1.80. The quantitative estimate of drug-likeness (QED) is 0.553. The van der Waals surface area contributed by atoms with E-state index in [-0.39, 0.29) is 5.28 Å². The molecule has 0 N–H and O–H groups in total.